The zero-order valence-corrected chi connectivity index (χ0v) is 12.0. The van der Waals surface area contributed by atoms with Gasteiger partial charge in [-0.1, -0.05) is 37.3 Å². The SMILES string of the molecule is CCC(COC)NCC(c1ccccc1)N(C)C. The molecule has 0 heterocycles. The van der Waals surface area contributed by atoms with Gasteiger partial charge in [0.15, 0.2) is 0 Å². The second kappa shape index (κ2) is 8.25. The first kappa shape index (κ1) is 15.2. The van der Waals surface area contributed by atoms with Crippen molar-refractivity contribution < 1.29 is 4.74 Å². The summed E-state index contributed by atoms with van der Waals surface area (Å²) in [5, 5.41) is 3.58. The van der Waals surface area contributed by atoms with E-state index in [0.29, 0.717) is 12.1 Å². The van der Waals surface area contributed by atoms with Crippen molar-refractivity contribution in [2.24, 2.45) is 0 Å². The van der Waals surface area contributed by atoms with Crippen LogP contribution in [-0.2, 0) is 4.74 Å². The van der Waals surface area contributed by atoms with Crippen LogP contribution in [0.4, 0.5) is 0 Å². The molecule has 2 atom stereocenters. The van der Waals surface area contributed by atoms with Crippen LogP contribution < -0.4 is 5.32 Å². The van der Waals surface area contributed by atoms with E-state index in [4.69, 9.17) is 4.74 Å². The predicted molar refractivity (Wildman–Crippen MR) is 76.8 cm³/mol. The van der Waals surface area contributed by atoms with Crippen LogP contribution in [0.5, 0.6) is 0 Å². The molecule has 1 N–H and O–H groups in total. The first-order valence-corrected chi connectivity index (χ1v) is 6.62. The second-order valence-corrected chi connectivity index (χ2v) is 4.86. The van der Waals surface area contributed by atoms with E-state index in [1.54, 1.807) is 7.11 Å². The Morgan fingerprint density at radius 2 is 1.89 bits per heavy atom. The Morgan fingerprint density at radius 3 is 2.39 bits per heavy atom. The Labute approximate surface area is 111 Å². The summed E-state index contributed by atoms with van der Waals surface area (Å²) in [6.07, 6.45) is 1.09. The molecule has 0 aliphatic heterocycles. The first-order valence-electron chi connectivity index (χ1n) is 6.62. The molecule has 0 radical (unpaired) electrons. The van der Waals surface area contributed by atoms with Gasteiger partial charge in [0.05, 0.1) is 6.61 Å². The van der Waals surface area contributed by atoms with E-state index >= 15 is 0 Å². The van der Waals surface area contributed by atoms with E-state index in [1.807, 2.05) is 0 Å². The number of nitrogens with one attached hydrogen (secondary N) is 1. The molecule has 0 aliphatic carbocycles. The fourth-order valence-corrected chi connectivity index (χ4v) is 2.07. The Morgan fingerprint density at radius 1 is 1.22 bits per heavy atom. The van der Waals surface area contributed by atoms with Crippen LogP contribution in [-0.4, -0.2) is 45.3 Å². The summed E-state index contributed by atoms with van der Waals surface area (Å²) in [7, 11) is 6.00. The van der Waals surface area contributed by atoms with Crippen molar-refractivity contribution in [2.45, 2.75) is 25.4 Å². The largest absolute Gasteiger partial charge is 0.383 e. The minimum atomic E-state index is 0.400. The highest BCUT2D eigenvalue weighted by Gasteiger charge is 2.15. The highest BCUT2D eigenvalue weighted by Crippen LogP contribution is 2.16. The van der Waals surface area contributed by atoms with Gasteiger partial charge < -0.3 is 15.0 Å². The monoisotopic (exact) mass is 250 g/mol. The number of ether oxygens (including phenoxy) is 1. The molecule has 3 heteroatoms. The van der Waals surface area contributed by atoms with Gasteiger partial charge in [-0.25, -0.2) is 0 Å². The van der Waals surface area contributed by atoms with E-state index in [2.05, 4.69) is 61.6 Å². The molecule has 0 amide bonds. The average molecular weight is 250 g/mol. The average Bonchev–Trinajstić information content (AvgIpc) is 2.38. The van der Waals surface area contributed by atoms with Crippen molar-refractivity contribution in [3.05, 3.63) is 35.9 Å². The zero-order chi connectivity index (χ0) is 13.4. The molecular formula is C15H26N2O. The molecule has 0 spiro atoms. The highest BCUT2D eigenvalue weighted by molar-refractivity contribution is 5.19. The van der Waals surface area contributed by atoms with E-state index in [0.717, 1.165) is 19.6 Å². The van der Waals surface area contributed by atoms with Gasteiger partial charge in [0, 0.05) is 25.7 Å². The van der Waals surface area contributed by atoms with Crippen LogP contribution in [0, 0.1) is 0 Å². The van der Waals surface area contributed by atoms with Crippen molar-refractivity contribution in [3.8, 4) is 0 Å². The van der Waals surface area contributed by atoms with Crippen molar-refractivity contribution >= 4 is 0 Å². The first-order chi connectivity index (χ1) is 8.69. The van der Waals surface area contributed by atoms with Crippen LogP contribution in [0.25, 0.3) is 0 Å². The van der Waals surface area contributed by atoms with E-state index in [1.165, 1.54) is 5.56 Å². The standard InChI is InChI=1S/C15H26N2O/c1-5-14(12-18-4)16-11-15(17(2)3)13-9-7-6-8-10-13/h6-10,14-16H,5,11-12H2,1-4H3. The van der Waals surface area contributed by atoms with Gasteiger partial charge >= 0.3 is 0 Å². The lowest BCUT2D eigenvalue weighted by atomic mass is 10.1. The zero-order valence-electron chi connectivity index (χ0n) is 12.0. The molecule has 2 unspecified atom stereocenters. The maximum absolute atomic E-state index is 5.22. The summed E-state index contributed by atoms with van der Waals surface area (Å²) in [6.45, 7) is 3.90. The molecule has 18 heavy (non-hydrogen) atoms. The third-order valence-corrected chi connectivity index (χ3v) is 3.27. The third kappa shape index (κ3) is 4.77. The normalized spacial score (nSPS) is 14.7. The molecule has 1 aromatic carbocycles. The van der Waals surface area contributed by atoms with Crippen molar-refractivity contribution in [2.75, 3.05) is 34.4 Å². The molecule has 0 saturated heterocycles. The number of nitrogens with zero attached hydrogens (tertiary/aromatic N) is 1. The minimum Gasteiger partial charge on any atom is -0.383 e. The van der Waals surface area contributed by atoms with Crippen molar-refractivity contribution in [1.82, 2.24) is 10.2 Å². The Bertz CT molecular complexity index is 314. The van der Waals surface area contributed by atoms with Crippen LogP contribution in [0.1, 0.15) is 24.9 Å². The highest BCUT2D eigenvalue weighted by atomic mass is 16.5. The van der Waals surface area contributed by atoms with Gasteiger partial charge in [0.2, 0.25) is 0 Å². The number of rotatable bonds is 8. The van der Waals surface area contributed by atoms with Crippen LogP contribution in [0.2, 0.25) is 0 Å². The summed E-state index contributed by atoms with van der Waals surface area (Å²) in [5.74, 6) is 0. The molecule has 0 saturated carbocycles. The van der Waals surface area contributed by atoms with E-state index in [-0.39, 0.29) is 0 Å². The number of hydrogen-bond donors (Lipinski definition) is 1. The number of benzene rings is 1. The Hall–Kier alpha value is -0.900. The van der Waals surface area contributed by atoms with Crippen molar-refractivity contribution in [1.29, 1.82) is 0 Å². The maximum Gasteiger partial charge on any atom is 0.0615 e. The topological polar surface area (TPSA) is 24.5 Å². The van der Waals surface area contributed by atoms with E-state index < -0.39 is 0 Å². The maximum atomic E-state index is 5.22. The van der Waals surface area contributed by atoms with Crippen LogP contribution >= 0.6 is 0 Å². The van der Waals surface area contributed by atoms with Crippen LogP contribution in [0.3, 0.4) is 0 Å². The van der Waals surface area contributed by atoms with Gasteiger partial charge in [-0.2, -0.15) is 0 Å². The third-order valence-electron chi connectivity index (χ3n) is 3.27. The van der Waals surface area contributed by atoms with Crippen molar-refractivity contribution in [3.63, 3.8) is 0 Å². The Kier molecular flexibility index (Phi) is 6.94. The predicted octanol–water partition coefficient (Wildman–Crippen LogP) is 2.30. The van der Waals surface area contributed by atoms with Crippen LogP contribution in [0.15, 0.2) is 30.3 Å². The molecule has 0 aliphatic rings. The fraction of sp³-hybridized carbons (Fsp3) is 0.600. The molecule has 1 rings (SSSR count). The summed E-state index contributed by atoms with van der Waals surface area (Å²) >= 11 is 0. The summed E-state index contributed by atoms with van der Waals surface area (Å²) in [5.41, 5.74) is 1.35. The molecular weight excluding hydrogens is 224 g/mol. The smallest absolute Gasteiger partial charge is 0.0615 e. The summed E-state index contributed by atoms with van der Waals surface area (Å²) in [6, 6.07) is 11.5. The number of likely N-dealkylation sites (N-methyl/N-ethyl adjacent to an activating group) is 1. The fourth-order valence-electron chi connectivity index (χ4n) is 2.07. The molecule has 0 bridgehead atoms. The van der Waals surface area contributed by atoms with E-state index in [9.17, 15) is 0 Å². The van der Waals surface area contributed by atoms with Gasteiger partial charge in [0.25, 0.3) is 0 Å². The van der Waals surface area contributed by atoms with Gasteiger partial charge in [0.1, 0.15) is 0 Å². The second-order valence-electron chi connectivity index (χ2n) is 4.86. The lowest BCUT2D eigenvalue weighted by Crippen LogP contribution is -2.39. The van der Waals surface area contributed by atoms with Gasteiger partial charge in [-0.3, -0.25) is 0 Å². The quantitative estimate of drug-likeness (QED) is 0.766. The molecule has 0 fully saturated rings. The minimum absolute atomic E-state index is 0.400. The lowest BCUT2D eigenvalue weighted by Gasteiger charge is -2.27. The number of hydrogen-bond acceptors (Lipinski definition) is 3. The molecule has 0 aromatic heterocycles. The van der Waals surface area contributed by atoms with Gasteiger partial charge in [-0.05, 0) is 26.1 Å². The molecule has 3 nitrogen and oxygen atoms in total. The lowest BCUT2D eigenvalue weighted by molar-refractivity contribution is 0.158. The molecule has 1 aromatic rings. The van der Waals surface area contributed by atoms with Gasteiger partial charge in [-0.15, -0.1) is 0 Å². The molecule has 102 valence electrons. The summed E-state index contributed by atoms with van der Waals surface area (Å²) < 4.78 is 5.22. The Balaban J connectivity index is 2.59. The summed E-state index contributed by atoms with van der Waals surface area (Å²) in [4.78, 5) is 2.25. The number of methoxy groups -OCH3 is 1.